The molecule has 1 saturated heterocycles. The van der Waals surface area contributed by atoms with Gasteiger partial charge in [-0.3, -0.25) is 4.79 Å². The molecule has 5 heteroatoms. The quantitative estimate of drug-likeness (QED) is 0.861. The van der Waals surface area contributed by atoms with Crippen molar-refractivity contribution in [3.05, 3.63) is 35.6 Å². The summed E-state index contributed by atoms with van der Waals surface area (Å²) in [7, 11) is 1.92. The third-order valence-corrected chi connectivity index (χ3v) is 6.59. The minimum atomic E-state index is -0.166. The van der Waals surface area contributed by atoms with Crippen LogP contribution in [0.2, 0.25) is 0 Å². The number of amides is 1. The molecule has 0 unspecified atom stereocenters. The Morgan fingerprint density at radius 1 is 1.26 bits per heavy atom. The average molecular weight is 376 g/mol. The molecule has 1 heterocycles. The van der Waals surface area contributed by atoms with Crippen molar-refractivity contribution in [2.24, 2.45) is 17.6 Å². The summed E-state index contributed by atoms with van der Waals surface area (Å²) in [5, 5.41) is 0. The number of likely N-dealkylation sites (tertiary alicyclic amines) is 1. The molecule has 1 aromatic carbocycles. The Morgan fingerprint density at radius 3 is 2.70 bits per heavy atom. The second-order valence-electron chi connectivity index (χ2n) is 8.62. The van der Waals surface area contributed by atoms with Crippen LogP contribution in [-0.2, 0) is 11.2 Å². The van der Waals surface area contributed by atoms with Crippen molar-refractivity contribution in [3.63, 3.8) is 0 Å². The van der Waals surface area contributed by atoms with Crippen LogP contribution in [0.1, 0.15) is 44.6 Å². The first-order valence-electron chi connectivity index (χ1n) is 10.4. The van der Waals surface area contributed by atoms with Crippen molar-refractivity contribution in [1.82, 2.24) is 9.80 Å². The molecule has 2 aliphatic rings. The van der Waals surface area contributed by atoms with Gasteiger partial charge in [0.25, 0.3) is 0 Å². The number of piperidine rings is 1. The second kappa shape index (κ2) is 9.16. The van der Waals surface area contributed by atoms with Crippen molar-refractivity contribution < 1.29 is 9.18 Å². The monoisotopic (exact) mass is 375 g/mol. The molecule has 1 saturated carbocycles. The van der Waals surface area contributed by atoms with Crippen LogP contribution in [0.4, 0.5) is 4.39 Å². The molecule has 3 rings (SSSR count). The molecule has 0 radical (unpaired) electrons. The first-order chi connectivity index (χ1) is 12.9. The highest BCUT2D eigenvalue weighted by molar-refractivity contribution is 5.73. The van der Waals surface area contributed by atoms with E-state index in [1.807, 2.05) is 24.1 Å². The van der Waals surface area contributed by atoms with Gasteiger partial charge in [-0.05, 0) is 74.6 Å². The maximum atomic E-state index is 13.1. The Bertz CT molecular complexity index is 620. The molecule has 4 nitrogen and oxygen atoms in total. The first-order valence-corrected chi connectivity index (χ1v) is 10.4. The van der Waals surface area contributed by atoms with E-state index in [1.165, 1.54) is 18.4 Å². The highest BCUT2D eigenvalue weighted by atomic mass is 19.1. The number of nitrogens with zero attached hydrogens (tertiary/aromatic N) is 2. The predicted molar refractivity (Wildman–Crippen MR) is 107 cm³/mol. The van der Waals surface area contributed by atoms with Crippen LogP contribution in [0.25, 0.3) is 0 Å². The van der Waals surface area contributed by atoms with E-state index < -0.39 is 0 Å². The normalized spacial score (nSPS) is 29.5. The van der Waals surface area contributed by atoms with Gasteiger partial charge in [0, 0.05) is 39.1 Å². The molecule has 27 heavy (non-hydrogen) atoms. The van der Waals surface area contributed by atoms with Crippen molar-refractivity contribution in [3.8, 4) is 0 Å². The van der Waals surface area contributed by atoms with Gasteiger partial charge in [0.15, 0.2) is 0 Å². The van der Waals surface area contributed by atoms with Crippen molar-refractivity contribution in [2.45, 2.75) is 57.5 Å². The molecular weight excluding hydrogens is 341 g/mol. The zero-order valence-electron chi connectivity index (χ0n) is 16.7. The van der Waals surface area contributed by atoms with Gasteiger partial charge < -0.3 is 15.5 Å². The molecule has 1 aliphatic carbocycles. The molecule has 150 valence electrons. The first kappa shape index (κ1) is 20.3. The Labute approximate surface area is 162 Å². The summed E-state index contributed by atoms with van der Waals surface area (Å²) in [5.41, 5.74) is 7.66. The Kier molecular flexibility index (Phi) is 6.88. The number of benzene rings is 1. The Hall–Kier alpha value is -1.46. The van der Waals surface area contributed by atoms with Crippen molar-refractivity contribution in [2.75, 3.05) is 26.7 Å². The number of nitrogens with two attached hydrogens (primary N) is 1. The summed E-state index contributed by atoms with van der Waals surface area (Å²) in [6.45, 7) is 4.90. The summed E-state index contributed by atoms with van der Waals surface area (Å²) in [6, 6.07) is 7.50. The fraction of sp³-hybridized carbons (Fsp3) is 0.682. The number of hydrogen-bond acceptors (Lipinski definition) is 3. The maximum absolute atomic E-state index is 13.1. The van der Waals surface area contributed by atoms with E-state index in [9.17, 15) is 9.18 Å². The summed E-state index contributed by atoms with van der Waals surface area (Å²) in [5.74, 6) is 1.06. The summed E-state index contributed by atoms with van der Waals surface area (Å²) < 4.78 is 13.1. The lowest BCUT2D eigenvalue weighted by Crippen LogP contribution is -2.50. The minimum absolute atomic E-state index is 0.145. The molecular formula is C22H34FN3O. The number of carbonyl (C=O) groups excluding carboxylic acids is 1. The summed E-state index contributed by atoms with van der Waals surface area (Å²) in [4.78, 5) is 16.2. The zero-order valence-corrected chi connectivity index (χ0v) is 16.7. The Balaban J connectivity index is 1.54. The smallest absolute Gasteiger partial charge is 0.219 e. The van der Waals surface area contributed by atoms with E-state index in [1.54, 1.807) is 19.1 Å². The highest BCUT2D eigenvalue weighted by Gasteiger charge is 2.33. The molecule has 4 atom stereocenters. The van der Waals surface area contributed by atoms with Crippen LogP contribution in [-0.4, -0.2) is 54.5 Å². The fourth-order valence-electron chi connectivity index (χ4n) is 4.85. The van der Waals surface area contributed by atoms with Crippen molar-refractivity contribution >= 4 is 5.91 Å². The number of halogens is 1. The highest BCUT2D eigenvalue weighted by Crippen LogP contribution is 2.29. The minimum Gasteiger partial charge on any atom is -0.343 e. The van der Waals surface area contributed by atoms with Gasteiger partial charge in [0.05, 0.1) is 0 Å². The van der Waals surface area contributed by atoms with Gasteiger partial charge in [0.2, 0.25) is 5.91 Å². The molecule has 0 bridgehead atoms. The topological polar surface area (TPSA) is 49.6 Å². The summed E-state index contributed by atoms with van der Waals surface area (Å²) >= 11 is 0. The van der Waals surface area contributed by atoms with Crippen LogP contribution < -0.4 is 5.73 Å². The molecule has 1 aliphatic heterocycles. The lowest BCUT2D eigenvalue weighted by atomic mass is 9.80. The number of rotatable bonds is 5. The average Bonchev–Trinajstić information content (AvgIpc) is 2.65. The third-order valence-electron chi connectivity index (χ3n) is 6.59. The lowest BCUT2D eigenvalue weighted by Gasteiger charge is -2.42. The maximum Gasteiger partial charge on any atom is 0.219 e. The number of hydrogen-bond donors (Lipinski definition) is 1. The van der Waals surface area contributed by atoms with Gasteiger partial charge in [0.1, 0.15) is 5.82 Å². The molecule has 0 aromatic heterocycles. The van der Waals surface area contributed by atoms with Gasteiger partial charge in [-0.15, -0.1) is 0 Å². The van der Waals surface area contributed by atoms with E-state index in [0.29, 0.717) is 17.9 Å². The van der Waals surface area contributed by atoms with Crippen LogP contribution in [0.5, 0.6) is 0 Å². The van der Waals surface area contributed by atoms with Gasteiger partial charge >= 0.3 is 0 Å². The van der Waals surface area contributed by atoms with E-state index in [4.69, 9.17) is 5.73 Å². The Morgan fingerprint density at radius 2 is 2.00 bits per heavy atom. The van der Waals surface area contributed by atoms with Crippen LogP contribution in [0.3, 0.4) is 0 Å². The van der Waals surface area contributed by atoms with E-state index >= 15 is 0 Å². The van der Waals surface area contributed by atoms with Crippen LogP contribution >= 0.6 is 0 Å². The fourth-order valence-corrected chi connectivity index (χ4v) is 4.85. The molecule has 2 N–H and O–H groups in total. The van der Waals surface area contributed by atoms with E-state index in [2.05, 4.69) is 4.90 Å². The van der Waals surface area contributed by atoms with Crippen LogP contribution in [0, 0.1) is 17.7 Å². The van der Waals surface area contributed by atoms with E-state index in [-0.39, 0.29) is 17.8 Å². The molecule has 0 spiro atoms. The van der Waals surface area contributed by atoms with Crippen molar-refractivity contribution in [1.29, 1.82) is 0 Å². The standard InChI is InChI=1S/C22H34FN3O/c1-16(27)25(2)21-9-10-22(24)19(13-21)15-26-11-3-4-18(14-26)12-17-5-7-20(23)8-6-17/h5-8,18-19,21-22H,3-4,9-15,24H2,1-2H3/t18-,19-,21+,22+/m0/s1. The van der Waals surface area contributed by atoms with E-state index in [0.717, 1.165) is 45.3 Å². The van der Waals surface area contributed by atoms with Gasteiger partial charge in [-0.1, -0.05) is 12.1 Å². The largest absolute Gasteiger partial charge is 0.343 e. The second-order valence-corrected chi connectivity index (χ2v) is 8.62. The predicted octanol–water partition coefficient (Wildman–Crippen LogP) is 3.05. The zero-order chi connectivity index (χ0) is 19.4. The summed E-state index contributed by atoms with van der Waals surface area (Å²) in [6.07, 6.45) is 6.49. The lowest BCUT2D eigenvalue weighted by molar-refractivity contribution is -0.130. The van der Waals surface area contributed by atoms with Gasteiger partial charge in [-0.2, -0.15) is 0 Å². The third kappa shape index (κ3) is 5.52. The molecule has 1 amide bonds. The SMILES string of the molecule is CC(=O)N(C)[C@@H]1CC[C@@H](N)[C@H](CN2CCC[C@@H](Cc3ccc(F)cc3)C2)C1. The van der Waals surface area contributed by atoms with Gasteiger partial charge in [-0.25, -0.2) is 4.39 Å². The molecule has 2 fully saturated rings. The number of carbonyl (C=O) groups is 1. The molecule has 1 aromatic rings. The van der Waals surface area contributed by atoms with Crippen LogP contribution in [0.15, 0.2) is 24.3 Å².